The van der Waals surface area contributed by atoms with Gasteiger partial charge in [-0.2, -0.15) is 0 Å². The largest absolute Gasteiger partial charge is 0.387 e. The van der Waals surface area contributed by atoms with Crippen molar-refractivity contribution in [2.45, 2.75) is 52.7 Å². The first-order valence-corrected chi connectivity index (χ1v) is 7.02. The summed E-state index contributed by atoms with van der Waals surface area (Å²) in [5.74, 6) is 0.700. The zero-order chi connectivity index (χ0) is 13.5. The summed E-state index contributed by atoms with van der Waals surface area (Å²) in [5.41, 5.74) is 2.23. The standard InChI is InChI=1S/C16H27NO/c1-5-15(17-11-10-12(2)3)16(18)14-8-6-13(4)7-9-14/h6-9,12,15-18H,5,10-11H2,1-4H3. The average molecular weight is 249 g/mol. The fourth-order valence-corrected chi connectivity index (χ4v) is 2.03. The highest BCUT2D eigenvalue weighted by atomic mass is 16.3. The lowest BCUT2D eigenvalue weighted by atomic mass is 9.99. The second-order valence-electron chi connectivity index (χ2n) is 5.51. The van der Waals surface area contributed by atoms with Crippen LogP contribution in [0.4, 0.5) is 0 Å². The Hall–Kier alpha value is -0.860. The Morgan fingerprint density at radius 2 is 1.78 bits per heavy atom. The van der Waals surface area contributed by atoms with E-state index in [0.29, 0.717) is 5.92 Å². The third-order valence-corrected chi connectivity index (χ3v) is 3.37. The van der Waals surface area contributed by atoms with Crippen molar-refractivity contribution in [3.63, 3.8) is 0 Å². The summed E-state index contributed by atoms with van der Waals surface area (Å²) < 4.78 is 0. The summed E-state index contributed by atoms with van der Waals surface area (Å²) in [4.78, 5) is 0. The molecule has 0 aliphatic rings. The second kappa shape index (κ2) is 7.55. The van der Waals surface area contributed by atoms with Crippen molar-refractivity contribution >= 4 is 0 Å². The first kappa shape index (κ1) is 15.2. The minimum atomic E-state index is -0.414. The maximum Gasteiger partial charge on any atom is 0.0942 e. The molecule has 2 atom stereocenters. The molecule has 18 heavy (non-hydrogen) atoms. The Morgan fingerprint density at radius 3 is 2.28 bits per heavy atom. The maximum absolute atomic E-state index is 10.4. The lowest BCUT2D eigenvalue weighted by Crippen LogP contribution is -2.35. The lowest BCUT2D eigenvalue weighted by molar-refractivity contribution is 0.125. The zero-order valence-corrected chi connectivity index (χ0v) is 12.1. The highest BCUT2D eigenvalue weighted by Crippen LogP contribution is 2.19. The van der Waals surface area contributed by atoms with E-state index in [1.165, 1.54) is 5.56 Å². The van der Waals surface area contributed by atoms with Crippen LogP contribution in [-0.2, 0) is 0 Å². The van der Waals surface area contributed by atoms with Gasteiger partial charge < -0.3 is 10.4 Å². The summed E-state index contributed by atoms with van der Waals surface area (Å²) in [7, 11) is 0. The second-order valence-corrected chi connectivity index (χ2v) is 5.51. The van der Waals surface area contributed by atoms with Gasteiger partial charge in [-0.25, -0.2) is 0 Å². The average Bonchev–Trinajstić information content (AvgIpc) is 2.34. The van der Waals surface area contributed by atoms with Gasteiger partial charge in [-0.3, -0.25) is 0 Å². The monoisotopic (exact) mass is 249 g/mol. The van der Waals surface area contributed by atoms with Crippen LogP contribution in [0.5, 0.6) is 0 Å². The Labute approximate surface area is 111 Å². The van der Waals surface area contributed by atoms with Gasteiger partial charge in [0.15, 0.2) is 0 Å². The molecule has 0 aliphatic heterocycles. The molecule has 2 nitrogen and oxygen atoms in total. The number of aliphatic hydroxyl groups is 1. The van der Waals surface area contributed by atoms with Crippen molar-refractivity contribution in [3.05, 3.63) is 35.4 Å². The van der Waals surface area contributed by atoms with Crippen molar-refractivity contribution in [3.8, 4) is 0 Å². The van der Waals surface area contributed by atoms with Gasteiger partial charge in [0.2, 0.25) is 0 Å². The molecule has 102 valence electrons. The van der Waals surface area contributed by atoms with Crippen LogP contribution in [0.15, 0.2) is 24.3 Å². The number of aryl methyl sites for hydroxylation is 1. The minimum absolute atomic E-state index is 0.145. The van der Waals surface area contributed by atoms with E-state index >= 15 is 0 Å². The quantitative estimate of drug-likeness (QED) is 0.776. The van der Waals surface area contributed by atoms with Crippen LogP contribution in [0.3, 0.4) is 0 Å². The van der Waals surface area contributed by atoms with Gasteiger partial charge in [-0.05, 0) is 37.8 Å². The number of aliphatic hydroxyl groups excluding tert-OH is 1. The molecule has 0 amide bonds. The molecule has 0 saturated heterocycles. The van der Waals surface area contributed by atoms with Crippen LogP contribution in [0.25, 0.3) is 0 Å². The van der Waals surface area contributed by atoms with Crippen LogP contribution >= 0.6 is 0 Å². The number of rotatable bonds is 7. The van der Waals surface area contributed by atoms with E-state index in [2.05, 4.69) is 45.1 Å². The van der Waals surface area contributed by atoms with E-state index in [4.69, 9.17) is 0 Å². The van der Waals surface area contributed by atoms with E-state index in [0.717, 1.165) is 24.9 Å². The van der Waals surface area contributed by atoms with Crippen LogP contribution in [0.2, 0.25) is 0 Å². The van der Waals surface area contributed by atoms with Crippen molar-refractivity contribution in [1.82, 2.24) is 5.32 Å². The Morgan fingerprint density at radius 1 is 1.17 bits per heavy atom. The summed E-state index contributed by atoms with van der Waals surface area (Å²) in [6.07, 6.45) is 1.67. The number of benzene rings is 1. The van der Waals surface area contributed by atoms with Crippen LogP contribution in [0, 0.1) is 12.8 Å². The summed E-state index contributed by atoms with van der Waals surface area (Å²) in [6.45, 7) is 9.59. The van der Waals surface area contributed by atoms with E-state index < -0.39 is 6.10 Å². The van der Waals surface area contributed by atoms with Gasteiger partial charge in [0.05, 0.1) is 6.10 Å². The summed E-state index contributed by atoms with van der Waals surface area (Å²) in [6, 6.07) is 8.30. The Bertz CT molecular complexity index is 331. The van der Waals surface area contributed by atoms with Crippen LogP contribution in [-0.4, -0.2) is 17.7 Å². The Balaban J connectivity index is 2.55. The molecule has 0 heterocycles. The Kier molecular flexibility index (Phi) is 6.37. The van der Waals surface area contributed by atoms with Gasteiger partial charge in [0.1, 0.15) is 0 Å². The fourth-order valence-electron chi connectivity index (χ4n) is 2.03. The normalized spacial score (nSPS) is 14.8. The SMILES string of the molecule is CCC(NCCC(C)C)C(O)c1ccc(C)cc1. The molecule has 1 rings (SSSR count). The van der Waals surface area contributed by atoms with Gasteiger partial charge in [0.25, 0.3) is 0 Å². The van der Waals surface area contributed by atoms with Gasteiger partial charge in [-0.1, -0.05) is 50.6 Å². The van der Waals surface area contributed by atoms with Crippen LogP contribution in [0.1, 0.15) is 50.8 Å². The van der Waals surface area contributed by atoms with E-state index in [9.17, 15) is 5.11 Å². The predicted molar refractivity (Wildman–Crippen MR) is 77.7 cm³/mol. The zero-order valence-electron chi connectivity index (χ0n) is 12.1. The predicted octanol–water partition coefficient (Wildman–Crippen LogP) is 3.44. The molecular formula is C16H27NO. The maximum atomic E-state index is 10.4. The highest BCUT2D eigenvalue weighted by Gasteiger charge is 2.18. The third kappa shape index (κ3) is 4.79. The molecule has 1 aromatic carbocycles. The molecule has 2 unspecified atom stereocenters. The minimum Gasteiger partial charge on any atom is -0.387 e. The molecule has 0 bridgehead atoms. The fraction of sp³-hybridized carbons (Fsp3) is 0.625. The number of hydrogen-bond donors (Lipinski definition) is 2. The molecular weight excluding hydrogens is 222 g/mol. The highest BCUT2D eigenvalue weighted by molar-refractivity contribution is 5.24. The first-order chi connectivity index (χ1) is 8.54. The molecule has 0 saturated carbocycles. The molecule has 2 N–H and O–H groups in total. The first-order valence-electron chi connectivity index (χ1n) is 7.02. The van der Waals surface area contributed by atoms with E-state index in [1.54, 1.807) is 0 Å². The summed E-state index contributed by atoms with van der Waals surface area (Å²) >= 11 is 0. The van der Waals surface area contributed by atoms with Crippen molar-refractivity contribution < 1.29 is 5.11 Å². The van der Waals surface area contributed by atoms with E-state index in [1.807, 2.05) is 12.1 Å². The van der Waals surface area contributed by atoms with E-state index in [-0.39, 0.29) is 6.04 Å². The van der Waals surface area contributed by atoms with Crippen LogP contribution < -0.4 is 5.32 Å². The van der Waals surface area contributed by atoms with Crippen molar-refractivity contribution in [2.24, 2.45) is 5.92 Å². The van der Waals surface area contributed by atoms with Crippen molar-refractivity contribution in [1.29, 1.82) is 0 Å². The third-order valence-electron chi connectivity index (χ3n) is 3.37. The number of nitrogens with one attached hydrogen (secondary N) is 1. The molecule has 0 spiro atoms. The van der Waals surface area contributed by atoms with Gasteiger partial charge in [0, 0.05) is 6.04 Å². The molecule has 0 aliphatic carbocycles. The number of hydrogen-bond acceptors (Lipinski definition) is 2. The summed E-state index contributed by atoms with van der Waals surface area (Å²) in [5, 5.41) is 13.8. The molecule has 0 fully saturated rings. The van der Waals surface area contributed by atoms with Gasteiger partial charge in [-0.15, -0.1) is 0 Å². The molecule has 0 radical (unpaired) electrons. The molecule has 1 aromatic rings. The lowest BCUT2D eigenvalue weighted by Gasteiger charge is -2.24. The molecule has 0 aromatic heterocycles. The van der Waals surface area contributed by atoms with Crippen molar-refractivity contribution in [2.75, 3.05) is 6.54 Å². The topological polar surface area (TPSA) is 32.3 Å². The smallest absolute Gasteiger partial charge is 0.0942 e. The van der Waals surface area contributed by atoms with Gasteiger partial charge >= 0.3 is 0 Å². The molecule has 2 heteroatoms.